The van der Waals surface area contributed by atoms with Crippen molar-refractivity contribution in [3.63, 3.8) is 0 Å². The highest BCUT2D eigenvalue weighted by Crippen LogP contribution is 2.37. The van der Waals surface area contributed by atoms with Gasteiger partial charge in [0, 0.05) is 42.5 Å². The minimum Gasteiger partial charge on any atom is -0.494 e. The Hall–Kier alpha value is -3.43. The fourth-order valence-corrected chi connectivity index (χ4v) is 4.66. The largest absolute Gasteiger partial charge is 0.494 e. The molecule has 0 saturated carbocycles. The van der Waals surface area contributed by atoms with Crippen LogP contribution in [0.5, 0.6) is 5.75 Å². The standard InChI is InChI=1S/C28H28F5N3O/c1-18-21(20-10-6-13-26(37-2)27(20)30)14-35(16-25(34)19-8-4-3-5-9-19)17-36(18)15-22-23(28(31,32)33)11-7-12-24(22)29/h3-13,25H,14-17,34H2,1-2H3/t25-/m0/s1. The predicted octanol–water partition coefficient (Wildman–Crippen LogP) is 6.20. The molecule has 0 saturated heterocycles. The summed E-state index contributed by atoms with van der Waals surface area (Å²) < 4.78 is 76.3. The summed E-state index contributed by atoms with van der Waals surface area (Å²) in [6, 6.07) is 16.7. The molecule has 4 nitrogen and oxygen atoms in total. The van der Waals surface area contributed by atoms with E-state index in [1.165, 1.54) is 13.2 Å². The number of hydrogen-bond donors (Lipinski definition) is 1. The summed E-state index contributed by atoms with van der Waals surface area (Å²) >= 11 is 0. The summed E-state index contributed by atoms with van der Waals surface area (Å²) in [5.41, 5.74) is 7.22. The maximum atomic E-state index is 15.3. The molecule has 0 aliphatic carbocycles. The van der Waals surface area contributed by atoms with Gasteiger partial charge < -0.3 is 15.4 Å². The average Bonchev–Trinajstić information content (AvgIpc) is 2.87. The van der Waals surface area contributed by atoms with E-state index in [1.807, 2.05) is 35.2 Å². The second-order valence-corrected chi connectivity index (χ2v) is 9.02. The summed E-state index contributed by atoms with van der Waals surface area (Å²) in [6.07, 6.45) is -4.72. The average molecular weight is 518 g/mol. The van der Waals surface area contributed by atoms with Crippen molar-refractivity contribution in [3.8, 4) is 5.75 Å². The molecule has 9 heteroatoms. The lowest BCUT2D eigenvalue weighted by Gasteiger charge is -2.40. The highest BCUT2D eigenvalue weighted by molar-refractivity contribution is 5.71. The number of alkyl halides is 3. The number of halogens is 5. The lowest BCUT2D eigenvalue weighted by molar-refractivity contribution is -0.138. The van der Waals surface area contributed by atoms with Gasteiger partial charge in [0.05, 0.1) is 19.3 Å². The fraction of sp³-hybridized carbons (Fsp3) is 0.286. The molecule has 0 amide bonds. The number of allylic oxidation sites excluding steroid dienone is 1. The SMILES string of the molecule is COc1cccc(C2=C(C)N(Cc3c(F)cccc3C(F)(F)F)CN(C[C@H](N)c3ccccc3)C2)c1F. The van der Waals surface area contributed by atoms with Crippen LogP contribution in [-0.4, -0.2) is 36.7 Å². The molecule has 0 bridgehead atoms. The maximum Gasteiger partial charge on any atom is 0.416 e. The number of ether oxygens (including phenoxy) is 1. The van der Waals surface area contributed by atoms with Crippen molar-refractivity contribution in [1.82, 2.24) is 9.80 Å². The van der Waals surface area contributed by atoms with E-state index < -0.39 is 35.0 Å². The zero-order valence-corrected chi connectivity index (χ0v) is 20.5. The van der Waals surface area contributed by atoms with Crippen LogP contribution in [0.25, 0.3) is 5.57 Å². The second-order valence-electron chi connectivity index (χ2n) is 9.02. The molecule has 0 unspecified atom stereocenters. The quantitative estimate of drug-likeness (QED) is 0.379. The lowest BCUT2D eigenvalue weighted by atomic mass is 9.98. The Bertz CT molecular complexity index is 1280. The van der Waals surface area contributed by atoms with E-state index in [2.05, 4.69) is 0 Å². The van der Waals surface area contributed by atoms with Crippen LogP contribution in [0, 0.1) is 11.6 Å². The van der Waals surface area contributed by atoms with Crippen LogP contribution in [0.1, 0.15) is 35.2 Å². The van der Waals surface area contributed by atoms with Crippen LogP contribution in [-0.2, 0) is 12.7 Å². The molecule has 1 atom stereocenters. The molecule has 1 aliphatic rings. The van der Waals surface area contributed by atoms with Crippen molar-refractivity contribution in [1.29, 1.82) is 0 Å². The van der Waals surface area contributed by atoms with Gasteiger partial charge >= 0.3 is 6.18 Å². The van der Waals surface area contributed by atoms with E-state index in [4.69, 9.17) is 10.5 Å². The van der Waals surface area contributed by atoms with Crippen LogP contribution < -0.4 is 10.5 Å². The van der Waals surface area contributed by atoms with Crippen molar-refractivity contribution in [2.45, 2.75) is 25.7 Å². The highest BCUT2D eigenvalue weighted by Gasteiger charge is 2.36. The van der Waals surface area contributed by atoms with Crippen molar-refractivity contribution in [2.24, 2.45) is 5.73 Å². The summed E-state index contributed by atoms with van der Waals surface area (Å²) in [5.74, 6) is -1.47. The van der Waals surface area contributed by atoms with Crippen LogP contribution in [0.15, 0.2) is 72.4 Å². The van der Waals surface area contributed by atoms with Gasteiger partial charge in [0.15, 0.2) is 11.6 Å². The van der Waals surface area contributed by atoms with Crippen LogP contribution in [0.3, 0.4) is 0 Å². The number of benzene rings is 3. The topological polar surface area (TPSA) is 41.7 Å². The van der Waals surface area contributed by atoms with E-state index in [0.717, 1.165) is 23.8 Å². The second kappa shape index (κ2) is 10.9. The summed E-state index contributed by atoms with van der Waals surface area (Å²) in [6.45, 7) is 2.20. The van der Waals surface area contributed by atoms with Crippen molar-refractivity contribution in [2.75, 3.05) is 26.9 Å². The molecule has 3 aromatic rings. The Morgan fingerprint density at radius 1 is 0.973 bits per heavy atom. The molecule has 1 heterocycles. The first-order valence-corrected chi connectivity index (χ1v) is 11.7. The van der Waals surface area contributed by atoms with Crippen LogP contribution in [0.2, 0.25) is 0 Å². The normalized spacial score (nSPS) is 15.7. The molecule has 2 N–H and O–H groups in total. The van der Waals surface area contributed by atoms with Crippen molar-refractivity contribution >= 4 is 5.57 Å². The maximum absolute atomic E-state index is 15.3. The third-order valence-corrected chi connectivity index (χ3v) is 6.63. The highest BCUT2D eigenvalue weighted by atomic mass is 19.4. The van der Waals surface area contributed by atoms with Gasteiger partial charge in [-0.15, -0.1) is 0 Å². The Balaban J connectivity index is 1.75. The molecule has 37 heavy (non-hydrogen) atoms. The van der Waals surface area contributed by atoms with Crippen LogP contribution in [0.4, 0.5) is 22.0 Å². The smallest absolute Gasteiger partial charge is 0.416 e. The lowest BCUT2D eigenvalue weighted by Crippen LogP contribution is -2.45. The van der Waals surface area contributed by atoms with Crippen molar-refractivity contribution < 1.29 is 26.7 Å². The Morgan fingerprint density at radius 2 is 1.68 bits per heavy atom. The molecular weight excluding hydrogens is 489 g/mol. The number of methoxy groups -OCH3 is 1. The van der Waals surface area contributed by atoms with Crippen LogP contribution >= 0.6 is 0 Å². The summed E-state index contributed by atoms with van der Waals surface area (Å²) in [4.78, 5) is 3.55. The molecule has 4 rings (SSSR count). The van der Waals surface area contributed by atoms with Gasteiger partial charge in [-0.05, 0) is 36.3 Å². The fourth-order valence-electron chi connectivity index (χ4n) is 4.66. The Morgan fingerprint density at radius 3 is 2.35 bits per heavy atom. The minimum absolute atomic E-state index is 0.0518. The van der Waals surface area contributed by atoms with Gasteiger partial charge in [-0.3, -0.25) is 4.90 Å². The number of nitrogens with two attached hydrogens (primary N) is 1. The zero-order chi connectivity index (χ0) is 26.7. The first-order valence-electron chi connectivity index (χ1n) is 11.7. The van der Waals surface area contributed by atoms with Gasteiger partial charge in [-0.1, -0.05) is 48.5 Å². The monoisotopic (exact) mass is 517 g/mol. The molecule has 1 aliphatic heterocycles. The first-order chi connectivity index (χ1) is 17.6. The molecular formula is C28H28F5N3O. The van der Waals surface area contributed by atoms with Gasteiger partial charge in [-0.25, -0.2) is 8.78 Å². The van der Waals surface area contributed by atoms with E-state index in [-0.39, 0.29) is 24.5 Å². The summed E-state index contributed by atoms with van der Waals surface area (Å²) in [7, 11) is 1.36. The van der Waals surface area contributed by atoms with Gasteiger partial charge in [0.25, 0.3) is 0 Å². The Labute approximate surface area is 212 Å². The molecule has 0 fully saturated rings. The first kappa shape index (κ1) is 26.6. The van der Waals surface area contributed by atoms with Crippen molar-refractivity contribution in [3.05, 3.63) is 106 Å². The van der Waals surface area contributed by atoms with Gasteiger partial charge in [0.1, 0.15) is 5.82 Å². The molecule has 3 aromatic carbocycles. The molecule has 0 spiro atoms. The minimum atomic E-state index is -4.72. The third kappa shape index (κ3) is 5.78. The van der Waals surface area contributed by atoms with E-state index in [1.54, 1.807) is 24.0 Å². The summed E-state index contributed by atoms with van der Waals surface area (Å²) in [5, 5.41) is 0. The molecule has 0 aromatic heterocycles. The van der Waals surface area contributed by atoms with E-state index in [9.17, 15) is 17.6 Å². The van der Waals surface area contributed by atoms with E-state index in [0.29, 0.717) is 24.4 Å². The Kier molecular flexibility index (Phi) is 7.85. The number of nitrogens with zero attached hydrogens (tertiary/aromatic N) is 2. The van der Waals surface area contributed by atoms with E-state index >= 15 is 4.39 Å². The molecule has 0 radical (unpaired) electrons. The molecule has 196 valence electrons. The number of hydrogen-bond acceptors (Lipinski definition) is 4. The third-order valence-electron chi connectivity index (χ3n) is 6.63. The van der Waals surface area contributed by atoms with Gasteiger partial charge in [-0.2, -0.15) is 13.2 Å². The predicted molar refractivity (Wildman–Crippen MR) is 132 cm³/mol. The zero-order valence-electron chi connectivity index (χ0n) is 20.5. The number of rotatable bonds is 7. The van der Waals surface area contributed by atoms with Gasteiger partial charge in [0.2, 0.25) is 0 Å².